The Morgan fingerprint density at radius 2 is 1.75 bits per heavy atom. The van der Waals surface area contributed by atoms with Crippen LogP contribution in [0.2, 0.25) is 0 Å². The van der Waals surface area contributed by atoms with Crippen molar-refractivity contribution in [1.82, 2.24) is 0 Å². The minimum absolute atomic E-state index is 0.0202. The molecule has 2 fully saturated rings. The molecule has 0 aromatic heterocycles. The standard InChI is InChI=1S/C20H34O4/c1-12-9-13-10-14(21)23-15(12)16(13)24-17(22)20(8,19(5,6)7)11-18(2,3)4/h12-13,15-16H,9-11H2,1-8H3. The van der Waals surface area contributed by atoms with Gasteiger partial charge in [-0.2, -0.15) is 0 Å². The molecule has 5 unspecified atom stereocenters. The van der Waals surface area contributed by atoms with E-state index >= 15 is 0 Å². The highest BCUT2D eigenvalue weighted by atomic mass is 16.6. The molecule has 1 aliphatic heterocycles. The number of carbonyl (C=O) groups is 2. The Morgan fingerprint density at radius 3 is 2.21 bits per heavy atom. The summed E-state index contributed by atoms with van der Waals surface area (Å²) in [6.07, 6.45) is 1.44. The summed E-state index contributed by atoms with van der Waals surface area (Å²) >= 11 is 0. The van der Waals surface area contributed by atoms with E-state index in [9.17, 15) is 9.59 Å². The van der Waals surface area contributed by atoms with Gasteiger partial charge < -0.3 is 9.47 Å². The second-order valence-electron chi connectivity index (χ2n) is 10.3. The lowest BCUT2D eigenvalue weighted by Crippen LogP contribution is -2.49. The summed E-state index contributed by atoms with van der Waals surface area (Å²) in [6.45, 7) is 16.8. The maximum atomic E-state index is 13.2. The predicted octanol–water partition coefficient (Wildman–Crippen LogP) is 4.36. The number of fused-ring (bicyclic) bond motifs is 2. The fourth-order valence-electron chi connectivity index (χ4n) is 4.26. The Morgan fingerprint density at radius 1 is 1.17 bits per heavy atom. The molecule has 0 radical (unpaired) electrons. The van der Waals surface area contributed by atoms with Crippen LogP contribution >= 0.6 is 0 Å². The minimum Gasteiger partial charge on any atom is -0.458 e. The van der Waals surface area contributed by atoms with Crippen molar-refractivity contribution in [3.63, 3.8) is 0 Å². The van der Waals surface area contributed by atoms with E-state index in [1.54, 1.807) is 0 Å². The van der Waals surface area contributed by atoms with Gasteiger partial charge in [-0.25, -0.2) is 0 Å². The molecule has 1 aliphatic carbocycles. The summed E-state index contributed by atoms with van der Waals surface area (Å²) in [6, 6.07) is 0. The van der Waals surface area contributed by atoms with E-state index < -0.39 is 5.41 Å². The van der Waals surface area contributed by atoms with Crippen LogP contribution in [-0.2, 0) is 19.1 Å². The van der Waals surface area contributed by atoms with Crippen LogP contribution in [0.25, 0.3) is 0 Å². The molecule has 2 bridgehead atoms. The van der Waals surface area contributed by atoms with Crippen LogP contribution < -0.4 is 0 Å². The van der Waals surface area contributed by atoms with Crippen molar-refractivity contribution in [3.05, 3.63) is 0 Å². The Labute approximate surface area is 146 Å². The van der Waals surface area contributed by atoms with Crippen molar-refractivity contribution in [2.75, 3.05) is 0 Å². The summed E-state index contributed by atoms with van der Waals surface area (Å²) in [7, 11) is 0. The molecule has 0 spiro atoms. The van der Waals surface area contributed by atoms with E-state index in [1.165, 1.54) is 0 Å². The first kappa shape index (κ1) is 19.3. The SMILES string of the molecule is CC1CC2CC(=O)OC1C2OC(=O)C(C)(CC(C)(C)C)C(C)(C)C. The van der Waals surface area contributed by atoms with Crippen LogP contribution in [0.5, 0.6) is 0 Å². The van der Waals surface area contributed by atoms with Crippen LogP contribution in [0, 0.1) is 28.1 Å². The zero-order valence-corrected chi connectivity index (χ0v) is 16.6. The Bertz CT molecular complexity index is 511. The van der Waals surface area contributed by atoms with Gasteiger partial charge in [0.1, 0.15) is 12.2 Å². The molecule has 0 aromatic carbocycles. The topological polar surface area (TPSA) is 52.6 Å². The van der Waals surface area contributed by atoms with Gasteiger partial charge in [-0.1, -0.05) is 48.5 Å². The molecule has 138 valence electrons. The van der Waals surface area contributed by atoms with Crippen LogP contribution in [0.15, 0.2) is 0 Å². The molecule has 4 heteroatoms. The van der Waals surface area contributed by atoms with Crippen LogP contribution in [0.4, 0.5) is 0 Å². The normalized spacial score (nSPS) is 32.9. The highest BCUT2D eigenvalue weighted by molar-refractivity contribution is 5.78. The van der Waals surface area contributed by atoms with Gasteiger partial charge in [-0.3, -0.25) is 9.59 Å². The third-order valence-electron chi connectivity index (χ3n) is 5.95. The van der Waals surface area contributed by atoms with Crippen LogP contribution in [-0.4, -0.2) is 24.1 Å². The average molecular weight is 338 g/mol. The Kier molecular flexibility index (Phi) is 4.84. The number of rotatable bonds is 3. The largest absolute Gasteiger partial charge is 0.458 e. The first-order chi connectivity index (χ1) is 10.7. The van der Waals surface area contributed by atoms with Crippen molar-refractivity contribution in [2.45, 2.75) is 86.9 Å². The Balaban J connectivity index is 2.21. The van der Waals surface area contributed by atoms with Crippen molar-refractivity contribution >= 4 is 11.9 Å². The maximum Gasteiger partial charge on any atom is 0.312 e. The molecular formula is C20H34O4. The van der Waals surface area contributed by atoms with Gasteiger partial charge in [-0.05, 0) is 36.5 Å². The van der Waals surface area contributed by atoms with Gasteiger partial charge in [0.2, 0.25) is 0 Å². The van der Waals surface area contributed by atoms with Crippen molar-refractivity contribution in [3.8, 4) is 0 Å². The van der Waals surface area contributed by atoms with E-state index in [1.807, 2.05) is 6.92 Å². The molecule has 4 nitrogen and oxygen atoms in total. The molecule has 2 aliphatic rings. The second kappa shape index (κ2) is 6.03. The summed E-state index contributed by atoms with van der Waals surface area (Å²) in [5.74, 6) is 0.0451. The van der Waals surface area contributed by atoms with Crippen molar-refractivity contribution in [1.29, 1.82) is 0 Å². The number of carbonyl (C=O) groups excluding carboxylic acids is 2. The van der Waals surface area contributed by atoms with Gasteiger partial charge >= 0.3 is 11.9 Å². The smallest absolute Gasteiger partial charge is 0.312 e. The lowest BCUT2D eigenvalue weighted by Gasteiger charge is -2.44. The van der Waals surface area contributed by atoms with E-state index in [0.29, 0.717) is 6.42 Å². The molecule has 0 N–H and O–H groups in total. The Hall–Kier alpha value is -1.06. The predicted molar refractivity (Wildman–Crippen MR) is 93.3 cm³/mol. The van der Waals surface area contributed by atoms with Crippen LogP contribution in [0.1, 0.15) is 74.7 Å². The fourth-order valence-corrected chi connectivity index (χ4v) is 4.26. The molecule has 1 saturated carbocycles. The number of hydrogen-bond acceptors (Lipinski definition) is 4. The summed E-state index contributed by atoms with van der Waals surface area (Å²) in [5.41, 5.74) is -0.783. The lowest BCUT2D eigenvalue weighted by molar-refractivity contribution is -0.191. The second-order valence-corrected chi connectivity index (χ2v) is 10.3. The highest BCUT2D eigenvalue weighted by Gasteiger charge is 2.54. The molecule has 1 heterocycles. The van der Waals surface area contributed by atoms with Crippen molar-refractivity contribution < 1.29 is 19.1 Å². The average Bonchev–Trinajstić information content (AvgIpc) is 2.55. The van der Waals surface area contributed by atoms with Gasteiger partial charge in [0.15, 0.2) is 0 Å². The van der Waals surface area contributed by atoms with E-state index in [4.69, 9.17) is 9.47 Å². The van der Waals surface area contributed by atoms with E-state index in [2.05, 4.69) is 48.5 Å². The first-order valence-electron chi connectivity index (χ1n) is 9.15. The zero-order valence-electron chi connectivity index (χ0n) is 16.6. The molecule has 0 amide bonds. The fraction of sp³-hybridized carbons (Fsp3) is 0.900. The quantitative estimate of drug-likeness (QED) is 0.718. The first-order valence-corrected chi connectivity index (χ1v) is 9.15. The van der Waals surface area contributed by atoms with E-state index in [0.717, 1.165) is 12.8 Å². The van der Waals surface area contributed by atoms with Gasteiger partial charge in [0, 0.05) is 5.92 Å². The molecular weight excluding hydrogens is 304 g/mol. The number of esters is 2. The molecule has 5 atom stereocenters. The minimum atomic E-state index is -0.588. The zero-order chi connectivity index (χ0) is 18.5. The summed E-state index contributed by atoms with van der Waals surface area (Å²) in [4.78, 5) is 24.9. The lowest BCUT2D eigenvalue weighted by atomic mass is 9.61. The third kappa shape index (κ3) is 3.62. The summed E-state index contributed by atoms with van der Waals surface area (Å²) < 4.78 is 11.5. The van der Waals surface area contributed by atoms with E-state index in [-0.39, 0.29) is 46.8 Å². The van der Waals surface area contributed by atoms with Crippen LogP contribution in [0.3, 0.4) is 0 Å². The molecule has 1 saturated heterocycles. The molecule has 2 rings (SSSR count). The van der Waals surface area contributed by atoms with Gasteiger partial charge in [-0.15, -0.1) is 0 Å². The third-order valence-corrected chi connectivity index (χ3v) is 5.95. The molecule has 24 heavy (non-hydrogen) atoms. The number of hydrogen-bond donors (Lipinski definition) is 0. The van der Waals surface area contributed by atoms with Crippen molar-refractivity contribution in [2.24, 2.45) is 28.1 Å². The van der Waals surface area contributed by atoms with Gasteiger partial charge in [0.05, 0.1) is 11.8 Å². The molecule has 0 aromatic rings. The maximum absolute atomic E-state index is 13.2. The highest BCUT2D eigenvalue weighted by Crippen LogP contribution is 2.49. The monoisotopic (exact) mass is 338 g/mol. The summed E-state index contributed by atoms with van der Waals surface area (Å²) in [5, 5.41) is 0. The number of ether oxygens (including phenoxy) is 2. The van der Waals surface area contributed by atoms with Gasteiger partial charge in [0.25, 0.3) is 0 Å².